The predicted molar refractivity (Wildman–Crippen MR) is 103 cm³/mol. The first-order valence-corrected chi connectivity index (χ1v) is 8.17. The molecular weight excluding hydrogens is 346 g/mol. The van der Waals surface area contributed by atoms with E-state index >= 15 is 0 Å². The fourth-order valence-electron chi connectivity index (χ4n) is 2.50. The topological polar surface area (TPSA) is 101 Å². The summed E-state index contributed by atoms with van der Waals surface area (Å²) in [5.41, 5.74) is 1.40. The normalized spacial score (nSPS) is 11.0. The number of ketones is 1. The fraction of sp³-hybridized carbons (Fsp3) is 0.100. The van der Waals surface area contributed by atoms with E-state index in [1.807, 2.05) is 0 Å². The Kier molecular flexibility index (Phi) is 5.53. The standard InChI is InChI=1S/C20H17N3O4/c1-27-12-18(25)21-14-6-4-5-13(11-14)9-10-17(24)19-22-16-8-3-2-7-15(16)20(26)23-19/h2-11H,12H2,1H3,(H,21,25)(H,22,23,26). The predicted octanol–water partition coefficient (Wildman–Crippen LogP) is 2.40. The van der Waals surface area contributed by atoms with Gasteiger partial charge in [-0.15, -0.1) is 0 Å². The van der Waals surface area contributed by atoms with Crippen molar-refractivity contribution in [2.24, 2.45) is 0 Å². The van der Waals surface area contributed by atoms with E-state index in [9.17, 15) is 14.4 Å². The number of para-hydroxylation sites is 1. The van der Waals surface area contributed by atoms with Gasteiger partial charge in [-0.1, -0.05) is 30.3 Å². The molecule has 0 aliphatic heterocycles. The van der Waals surface area contributed by atoms with Crippen LogP contribution in [0.1, 0.15) is 16.2 Å². The first-order valence-electron chi connectivity index (χ1n) is 8.17. The number of nitrogens with one attached hydrogen (secondary N) is 2. The molecule has 2 aromatic carbocycles. The number of rotatable bonds is 6. The number of allylic oxidation sites excluding steroid dienone is 1. The molecule has 0 unspecified atom stereocenters. The summed E-state index contributed by atoms with van der Waals surface area (Å²) < 4.78 is 4.77. The van der Waals surface area contributed by atoms with Crippen molar-refractivity contribution >= 4 is 34.4 Å². The molecule has 3 rings (SSSR count). The van der Waals surface area contributed by atoms with Gasteiger partial charge in [0, 0.05) is 12.8 Å². The number of H-pyrrole nitrogens is 1. The van der Waals surface area contributed by atoms with Gasteiger partial charge in [0.2, 0.25) is 11.7 Å². The van der Waals surface area contributed by atoms with Crippen LogP contribution >= 0.6 is 0 Å². The maximum absolute atomic E-state index is 12.4. The quantitative estimate of drug-likeness (QED) is 0.517. The van der Waals surface area contributed by atoms with Gasteiger partial charge in [0.05, 0.1) is 10.9 Å². The Morgan fingerprint density at radius 1 is 1.19 bits per heavy atom. The van der Waals surface area contributed by atoms with Crippen molar-refractivity contribution in [2.75, 3.05) is 19.0 Å². The van der Waals surface area contributed by atoms with Crippen LogP contribution in [0.2, 0.25) is 0 Å². The summed E-state index contributed by atoms with van der Waals surface area (Å²) in [6, 6.07) is 13.8. The molecule has 7 heteroatoms. The first-order chi connectivity index (χ1) is 13.1. The van der Waals surface area contributed by atoms with Crippen LogP contribution in [-0.2, 0) is 9.53 Å². The van der Waals surface area contributed by atoms with Crippen LogP contribution in [0.3, 0.4) is 0 Å². The van der Waals surface area contributed by atoms with Crippen molar-refractivity contribution in [3.8, 4) is 0 Å². The number of ether oxygens (including phenoxy) is 1. The molecule has 0 aliphatic carbocycles. The van der Waals surface area contributed by atoms with E-state index in [-0.39, 0.29) is 23.9 Å². The molecule has 0 atom stereocenters. The molecule has 27 heavy (non-hydrogen) atoms. The number of amides is 1. The molecule has 3 aromatic rings. The number of carbonyl (C=O) groups excluding carboxylic acids is 2. The van der Waals surface area contributed by atoms with Crippen molar-refractivity contribution in [3.05, 3.63) is 76.3 Å². The molecule has 1 heterocycles. The molecule has 0 saturated carbocycles. The van der Waals surface area contributed by atoms with Crippen LogP contribution < -0.4 is 10.9 Å². The van der Waals surface area contributed by atoms with Gasteiger partial charge < -0.3 is 15.0 Å². The third-order valence-electron chi connectivity index (χ3n) is 3.72. The molecule has 2 N–H and O–H groups in total. The number of fused-ring (bicyclic) bond motifs is 1. The molecule has 0 spiro atoms. The van der Waals surface area contributed by atoms with E-state index in [1.54, 1.807) is 54.6 Å². The van der Waals surface area contributed by atoms with E-state index in [4.69, 9.17) is 4.74 Å². The molecule has 136 valence electrons. The fourth-order valence-corrected chi connectivity index (χ4v) is 2.50. The summed E-state index contributed by atoms with van der Waals surface area (Å²) in [7, 11) is 1.44. The number of hydrogen-bond donors (Lipinski definition) is 2. The zero-order valence-corrected chi connectivity index (χ0v) is 14.6. The lowest BCUT2D eigenvalue weighted by atomic mass is 10.1. The number of aromatic amines is 1. The third-order valence-corrected chi connectivity index (χ3v) is 3.72. The van der Waals surface area contributed by atoms with Crippen LogP contribution in [0.15, 0.2) is 59.4 Å². The summed E-state index contributed by atoms with van der Waals surface area (Å²) in [4.78, 5) is 42.7. The minimum atomic E-state index is -0.424. The van der Waals surface area contributed by atoms with Crippen molar-refractivity contribution < 1.29 is 14.3 Å². The Balaban J connectivity index is 1.79. The largest absolute Gasteiger partial charge is 0.375 e. The zero-order valence-electron chi connectivity index (χ0n) is 14.6. The number of nitrogens with zero attached hydrogens (tertiary/aromatic N) is 1. The van der Waals surface area contributed by atoms with E-state index in [0.717, 1.165) is 0 Å². The van der Waals surface area contributed by atoms with Crippen molar-refractivity contribution in [3.63, 3.8) is 0 Å². The highest BCUT2D eigenvalue weighted by molar-refractivity contribution is 6.05. The van der Waals surface area contributed by atoms with Gasteiger partial charge in [-0.25, -0.2) is 4.98 Å². The Morgan fingerprint density at radius 2 is 2.00 bits per heavy atom. The molecule has 0 saturated heterocycles. The Morgan fingerprint density at radius 3 is 2.81 bits per heavy atom. The number of carbonyl (C=O) groups is 2. The van der Waals surface area contributed by atoms with Gasteiger partial charge in [-0.3, -0.25) is 14.4 Å². The molecule has 7 nitrogen and oxygen atoms in total. The lowest BCUT2D eigenvalue weighted by Gasteiger charge is -2.05. The first kappa shape index (κ1) is 18.2. The monoisotopic (exact) mass is 363 g/mol. The van der Waals surface area contributed by atoms with Crippen LogP contribution in [0.4, 0.5) is 5.69 Å². The van der Waals surface area contributed by atoms with Gasteiger partial charge in [0.25, 0.3) is 5.56 Å². The van der Waals surface area contributed by atoms with Crippen LogP contribution in [0, 0.1) is 0 Å². The van der Waals surface area contributed by atoms with Gasteiger partial charge in [-0.2, -0.15) is 0 Å². The van der Waals surface area contributed by atoms with Gasteiger partial charge >= 0.3 is 0 Å². The SMILES string of the molecule is COCC(=O)Nc1cccc(C=CC(=O)c2nc3ccccc3c(=O)[nH]2)c1. The van der Waals surface area contributed by atoms with E-state index in [0.29, 0.717) is 22.2 Å². The average Bonchev–Trinajstić information content (AvgIpc) is 2.66. The van der Waals surface area contributed by atoms with E-state index < -0.39 is 5.78 Å². The molecule has 1 amide bonds. The maximum atomic E-state index is 12.4. The molecule has 0 fully saturated rings. The lowest BCUT2D eigenvalue weighted by Crippen LogP contribution is -2.17. The van der Waals surface area contributed by atoms with E-state index in [1.165, 1.54) is 13.2 Å². The third kappa shape index (κ3) is 4.53. The van der Waals surface area contributed by atoms with Gasteiger partial charge in [0.15, 0.2) is 5.82 Å². The second kappa shape index (κ2) is 8.20. The number of methoxy groups -OCH3 is 1. The van der Waals surface area contributed by atoms with Gasteiger partial charge in [0.1, 0.15) is 6.61 Å². The number of anilines is 1. The molecule has 0 radical (unpaired) electrons. The minimum Gasteiger partial charge on any atom is -0.375 e. The molecule has 1 aromatic heterocycles. The lowest BCUT2D eigenvalue weighted by molar-refractivity contribution is -0.119. The smallest absolute Gasteiger partial charge is 0.259 e. The summed E-state index contributed by atoms with van der Waals surface area (Å²) >= 11 is 0. The second-order valence-corrected chi connectivity index (χ2v) is 5.74. The maximum Gasteiger partial charge on any atom is 0.259 e. The van der Waals surface area contributed by atoms with Crippen molar-refractivity contribution in [2.45, 2.75) is 0 Å². The highest BCUT2D eigenvalue weighted by atomic mass is 16.5. The van der Waals surface area contributed by atoms with E-state index in [2.05, 4.69) is 15.3 Å². The van der Waals surface area contributed by atoms with Crippen LogP contribution in [0.25, 0.3) is 17.0 Å². The number of benzene rings is 2. The molecular formula is C20H17N3O4. The minimum absolute atomic E-state index is 0.0282. The van der Waals surface area contributed by atoms with Crippen molar-refractivity contribution in [1.29, 1.82) is 0 Å². The van der Waals surface area contributed by atoms with Crippen molar-refractivity contribution in [1.82, 2.24) is 9.97 Å². The van der Waals surface area contributed by atoms with Gasteiger partial charge in [-0.05, 0) is 35.9 Å². The average molecular weight is 363 g/mol. The zero-order chi connectivity index (χ0) is 19.2. The number of hydrogen-bond acceptors (Lipinski definition) is 5. The summed E-state index contributed by atoms with van der Waals surface area (Å²) in [5, 5.41) is 3.12. The molecule has 0 bridgehead atoms. The Bertz CT molecular complexity index is 1090. The highest BCUT2D eigenvalue weighted by Gasteiger charge is 2.08. The van der Waals surface area contributed by atoms with Crippen LogP contribution in [0.5, 0.6) is 0 Å². The highest BCUT2D eigenvalue weighted by Crippen LogP contribution is 2.13. The Hall–Kier alpha value is -3.58. The van der Waals surface area contributed by atoms with Crippen LogP contribution in [-0.4, -0.2) is 35.4 Å². The summed E-state index contributed by atoms with van der Waals surface area (Å²) in [6.07, 6.45) is 2.91. The second-order valence-electron chi connectivity index (χ2n) is 5.74. The Labute approximate surface area is 154 Å². The summed E-state index contributed by atoms with van der Waals surface area (Å²) in [5.74, 6) is -0.723. The molecule has 0 aliphatic rings. The number of aromatic nitrogens is 2. The summed E-state index contributed by atoms with van der Waals surface area (Å²) in [6.45, 7) is -0.0421.